The molecule has 0 aromatic heterocycles. The lowest BCUT2D eigenvalue weighted by molar-refractivity contribution is -0.129. The fraction of sp³-hybridized carbons (Fsp3) is 0.533. The predicted octanol–water partition coefficient (Wildman–Crippen LogP) is 3.65. The second-order valence-electron chi connectivity index (χ2n) is 4.96. The Morgan fingerprint density at radius 1 is 1.40 bits per heavy atom. The number of nitrogens with zero attached hydrogens (tertiary/aromatic N) is 1. The number of hydrogen-bond acceptors (Lipinski definition) is 3. The number of carbonyl (C=O) groups excluding carboxylic acids is 1. The zero-order valence-electron chi connectivity index (χ0n) is 12.7. The number of benzene rings is 1. The van der Waals surface area contributed by atoms with Crippen LogP contribution in [0.1, 0.15) is 18.1 Å². The predicted molar refractivity (Wildman–Crippen MR) is 88.4 cm³/mol. The molecule has 0 N–H and O–H groups in total. The van der Waals surface area contributed by atoms with Gasteiger partial charge in [-0.25, -0.2) is 0 Å². The molecule has 0 saturated carbocycles. The summed E-state index contributed by atoms with van der Waals surface area (Å²) in [6.45, 7) is 6.67. The van der Waals surface area contributed by atoms with E-state index in [2.05, 4.69) is 41.9 Å². The molecular formula is C15H22BrNO2S. The molecule has 0 aliphatic rings. The third kappa shape index (κ3) is 4.79. The summed E-state index contributed by atoms with van der Waals surface area (Å²) in [6, 6.07) is 4.32. The Morgan fingerprint density at radius 2 is 2.05 bits per heavy atom. The van der Waals surface area contributed by atoms with Gasteiger partial charge in [0.1, 0.15) is 0 Å². The standard InChI is InChI=1S/C15H22BrNO2S/c1-10-7-14(11(2)6-13(10)16)20-9-15(18)17(4)12(3)8-19-5/h6-7,12H,8-9H2,1-5H3/t12-/m1/s1. The number of methoxy groups -OCH3 is 1. The van der Waals surface area contributed by atoms with Gasteiger partial charge in [-0.15, -0.1) is 11.8 Å². The minimum absolute atomic E-state index is 0.0980. The molecule has 0 aliphatic heterocycles. The quantitative estimate of drug-likeness (QED) is 0.726. The number of ether oxygens (including phenoxy) is 1. The van der Waals surface area contributed by atoms with Gasteiger partial charge in [-0.1, -0.05) is 15.9 Å². The first kappa shape index (κ1) is 17.5. The van der Waals surface area contributed by atoms with Gasteiger partial charge in [-0.3, -0.25) is 4.79 Å². The van der Waals surface area contributed by atoms with E-state index >= 15 is 0 Å². The second kappa shape index (κ2) is 8.05. The Hall–Kier alpha value is -0.520. The fourth-order valence-corrected chi connectivity index (χ4v) is 3.24. The topological polar surface area (TPSA) is 29.5 Å². The summed E-state index contributed by atoms with van der Waals surface area (Å²) in [6.07, 6.45) is 0. The highest BCUT2D eigenvalue weighted by molar-refractivity contribution is 9.10. The number of hydrogen-bond donors (Lipinski definition) is 0. The minimum atomic E-state index is 0.0980. The summed E-state index contributed by atoms with van der Waals surface area (Å²) in [5, 5.41) is 0. The van der Waals surface area contributed by atoms with Crippen molar-refractivity contribution in [3.8, 4) is 0 Å². The largest absolute Gasteiger partial charge is 0.383 e. The molecule has 1 rings (SSSR count). The van der Waals surface area contributed by atoms with E-state index in [4.69, 9.17) is 4.74 Å². The SMILES string of the molecule is COC[C@@H](C)N(C)C(=O)CSc1cc(C)c(Br)cc1C. The number of likely N-dealkylation sites (N-methyl/N-ethyl adjacent to an activating group) is 1. The highest BCUT2D eigenvalue weighted by atomic mass is 79.9. The summed E-state index contributed by atoms with van der Waals surface area (Å²) in [5.41, 5.74) is 2.37. The van der Waals surface area contributed by atoms with Crippen LogP contribution in [0.25, 0.3) is 0 Å². The van der Waals surface area contributed by atoms with Crippen LogP contribution < -0.4 is 0 Å². The average molecular weight is 360 g/mol. The van der Waals surface area contributed by atoms with Gasteiger partial charge < -0.3 is 9.64 Å². The van der Waals surface area contributed by atoms with Crippen LogP contribution in [0.4, 0.5) is 0 Å². The van der Waals surface area contributed by atoms with Crippen LogP contribution in [0.5, 0.6) is 0 Å². The molecule has 1 aromatic carbocycles. The van der Waals surface area contributed by atoms with E-state index in [0.29, 0.717) is 12.4 Å². The maximum atomic E-state index is 12.1. The summed E-state index contributed by atoms with van der Waals surface area (Å²) < 4.78 is 6.19. The van der Waals surface area contributed by atoms with E-state index in [1.54, 1.807) is 23.8 Å². The van der Waals surface area contributed by atoms with Gasteiger partial charge >= 0.3 is 0 Å². The number of rotatable bonds is 6. The van der Waals surface area contributed by atoms with Crippen molar-refractivity contribution in [2.75, 3.05) is 26.5 Å². The van der Waals surface area contributed by atoms with Crippen molar-refractivity contribution < 1.29 is 9.53 Å². The Bertz CT molecular complexity index is 479. The fourth-order valence-electron chi connectivity index (χ4n) is 1.75. The molecule has 0 heterocycles. The lowest BCUT2D eigenvalue weighted by Crippen LogP contribution is -2.38. The molecule has 1 aromatic rings. The summed E-state index contributed by atoms with van der Waals surface area (Å²) >= 11 is 5.11. The second-order valence-corrected chi connectivity index (χ2v) is 6.84. The molecule has 0 radical (unpaired) electrons. The van der Waals surface area contributed by atoms with Crippen LogP contribution in [0.3, 0.4) is 0 Å². The van der Waals surface area contributed by atoms with Gasteiger partial charge in [-0.05, 0) is 44.0 Å². The molecule has 0 aliphatic carbocycles. The highest BCUT2D eigenvalue weighted by Crippen LogP contribution is 2.28. The van der Waals surface area contributed by atoms with Gasteiger partial charge in [0.25, 0.3) is 0 Å². The van der Waals surface area contributed by atoms with Gasteiger partial charge in [0.05, 0.1) is 18.4 Å². The normalized spacial score (nSPS) is 12.3. The molecule has 0 spiro atoms. The Morgan fingerprint density at radius 3 is 2.65 bits per heavy atom. The van der Waals surface area contributed by atoms with Crippen molar-refractivity contribution in [2.45, 2.75) is 31.7 Å². The highest BCUT2D eigenvalue weighted by Gasteiger charge is 2.16. The van der Waals surface area contributed by atoms with E-state index in [9.17, 15) is 4.79 Å². The molecule has 0 saturated heterocycles. The maximum absolute atomic E-state index is 12.1. The third-order valence-electron chi connectivity index (χ3n) is 3.27. The summed E-state index contributed by atoms with van der Waals surface area (Å²) in [7, 11) is 3.48. The van der Waals surface area contributed by atoms with Crippen molar-refractivity contribution in [1.29, 1.82) is 0 Å². The van der Waals surface area contributed by atoms with Crippen molar-refractivity contribution in [1.82, 2.24) is 4.90 Å². The third-order valence-corrected chi connectivity index (χ3v) is 5.27. The van der Waals surface area contributed by atoms with Crippen molar-refractivity contribution in [3.63, 3.8) is 0 Å². The first-order chi connectivity index (χ1) is 9.36. The molecule has 20 heavy (non-hydrogen) atoms. The molecule has 5 heteroatoms. The molecular weight excluding hydrogens is 338 g/mol. The van der Waals surface area contributed by atoms with Gasteiger partial charge in [0.2, 0.25) is 5.91 Å². The van der Waals surface area contributed by atoms with E-state index < -0.39 is 0 Å². The molecule has 0 fully saturated rings. The van der Waals surface area contributed by atoms with Crippen molar-refractivity contribution in [3.05, 3.63) is 27.7 Å². The van der Waals surface area contributed by atoms with Crippen LogP contribution in [0, 0.1) is 13.8 Å². The summed E-state index contributed by atoms with van der Waals surface area (Å²) in [4.78, 5) is 15.0. The van der Waals surface area contributed by atoms with Gasteiger partial charge in [0.15, 0.2) is 0 Å². The molecule has 1 atom stereocenters. The monoisotopic (exact) mass is 359 g/mol. The van der Waals surface area contributed by atoms with E-state index in [1.807, 2.05) is 14.0 Å². The first-order valence-corrected chi connectivity index (χ1v) is 8.28. The smallest absolute Gasteiger partial charge is 0.232 e. The summed E-state index contributed by atoms with van der Waals surface area (Å²) in [5.74, 6) is 0.575. The maximum Gasteiger partial charge on any atom is 0.232 e. The average Bonchev–Trinajstić information content (AvgIpc) is 2.40. The molecule has 112 valence electrons. The van der Waals surface area contributed by atoms with Crippen LogP contribution in [-0.4, -0.2) is 43.4 Å². The number of halogens is 1. The number of thioether (sulfide) groups is 1. The molecule has 3 nitrogen and oxygen atoms in total. The molecule has 0 bridgehead atoms. The van der Waals surface area contributed by atoms with Gasteiger partial charge in [-0.2, -0.15) is 0 Å². The van der Waals surface area contributed by atoms with Crippen LogP contribution in [-0.2, 0) is 9.53 Å². The van der Waals surface area contributed by atoms with Crippen LogP contribution in [0.2, 0.25) is 0 Å². The lowest BCUT2D eigenvalue weighted by atomic mass is 10.2. The zero-order chi connectivity index (χ0) is 15.3. The zero-order valence-corrected chi connectivity index (χ0v) is 15.1. The number of carbonyl (C=O) groups is 1. The Labute approximate surface area is 134 Å². The molecule has 0 unspecified atom stereocenters. The van der Waals surface area contributed by atoms with Crippen LogP contribution in [0.15, 0.2) is 21.5 Å². The lowest BCUT2D eigenvalue weighted by Gasteiger charge is -2.24. The Balaban J connectivity index is 2.63. The van der Waals surface area contributed by atoms with E-state index in [-0.39, 0.29) is 11.9 Å². The first-order valence-electron chi connectivity index (χ1n) is 6.51. The van der Waals surface area contributed by atoms with Crippen molar-refractivity contribution >= 4 is 33.6 Å². The number of aryl methyl sites for hydroxylation is 2. The van der Waals surface area contributed by atoms with Crippen molar-refractivity contribution in [2.24, 2.45) is 0 Å². The van der Waals surface area contributed by atoms with Gasteiger partial charge in [0, 0.05) is 23.5 Å². The molecule has 1 amide bonds. The van der Waals surface area contributed by atoms with E-state index in [0.717, 1.165) is 9.37 Å². The minimum Gasteiger partial charge on any atom is -0.383 e. The van der Waals surface area contributed by atoms with Crippen LogP contribution >= 0.6 is 27.7 Å². The Kier molecular flexibility index (Phi) is 7.06. The number of amides is 1. The van der Waals surface area contributed by atoms with E-state index in [1.165, 1.54) is 11.1 Å².